The van der Waals surface area contributed by atoms with Crippen LogP contribution < -0.4 is 0 Å². The molecule has 144 valence electrons. The number of carboxylic acid groups (broad SMARTS) is 1. The molecule has 0 saturated heterocycles. The van der Waals surface area contributed by atoms with Gasteiger partial charge in [0.1, 0.15) is 0 Å². The lowest BCUT2D eigenvalue weighted by Crippen LogP contribution is -2.47. The second kappa shape index (κ2) is 6.80. The Hall–Kier alpha value is -1.12. The van der Waals surface area contributed by atoms with E-state index in [0.717, 1.165) is 55.3 Å². The molecule has 0 aromatic heterocycles. The maximum atomic E-state index is 11.9. The molecule has 4 rings (SSSR count). The molecule has 7 atom stereocenters. The zero-order chi connectivity index (χ0) is 18.5. The van der Waals surface area contributed by atoms with Gasteiger partial charge in [-0.3, -0.25) is 9.59 Å². The van der Waals surface area contributed by atoms with E-state index >= 15 is 0 Å². The molecule has 3 saturated carbocycles. The molecule has 0 bridgehead atoms. The van der Waals surface area contributed by atoms with Crippen molar-refractivity contribution in [1.29, 1.82) is 0 Å². The van der Waals surface area contributed by atoms with Crippen molar-refractivity contribution in [2.24, 2.45) is 40.9 Å². The fourth-order valence-electron chi connectivity index (χ4n) is 7.53. The van der Waals surface area contributed by atoms with Crippen LogP contribution in [0, 0.1) is 40.9 Å². The van der Waals surface area contributed by atoms with E-state index in [1.54, 1.807) is 0 Å². The van der Waals surface area contributed by atoms with Crippen molar-refractivity contribution in [1.82, 2.24) is 0 Å². The number of fused-ring (bicyclic) bond motifs is 5. The van der Waals surface area contributed by atoms with Gasteiger partial charge in [-0.05, 0) is 98.4 Å². The first-order chi connectivity index (χ1) is 12.4. The van der Waals surface area contributed by atoms with Crippen LogP contribution in [-0.2, 0) is 9.59 Å². The Balaban J connectivity index is 1.49. The highest BCUT2D eigenvalue weighted by Gasteiger charge is 2.54. The van der Waals surface area contributed by atoms with Crippen LogP contribution in [0.1, 0.15) is 78.1 Å². The van der Waals surface area contributed by atoms with Crippen LogP contribution in [0.5, 0.6) is 0 Å². The molecule has 0 aliphatic heterocycles. The molecule has 0 radical (unpaired) electrons. The summed E-state index contributed by atoms with van der Waals surface area (Å²) in [5.74, 6) is 4.24. The van der Waals surface area contributed by atoms with Crippen molar-refractivity contribution in [3.63, 3.8) is 0 Å². The molecular formula is C23H34O3. The van der Waals surface area contributed by atoms with Gasteiger partial charge in [0.25, 0.3) is 0 Å². The lowest BCUT2D eigenvalue weighted by molar-refractivity contribution is -0.137. The maximum Gasteiger partial charge on any atom is 0.303 e. The third kappa shape index (κ3) is 2.96. The van der Waals surface area contributed by atoms with Gasteiger partial charge in [-0.1, -0.05) is 19.4 Å². The number of hydrogen-bond acceptors (Lipinski definition) is 2. The highest BCUT2D eigenvalue weighted by Crippen LogP contribution is 2.63. The lowest BCUT2D eigenvalue weighted by atomic mass is 9.49. The number of allylic oxidation sites excluding steroid dienone is 1. The van der Waals surface area contributed by atoms with Crippen LogP contribution in [0.2, 0.25) is 0 Å². The summed E-state index contributed by atoms with van der Waals surface area (Å²) in [7, 11) is 0. The number of carboxylic acids is 1. The Morgan fingerprint density at radius 1 is 1.15 bits per heavy atom. The van der Waals surface area contributed by atoms with Gasteiger partial charge in [0, 0.05) is 12.8 Å². The normalized spacial score (nSPS) is 43.1. The SMILES string of the molecule is C[C@H](CCC(=O)O)[C@H]1CC[C@@H]2C1CC[C@H]1[C@H]2CCC2=CC(=O)CC[C@@]21C. The number of carbonyl (C=O) groups excluding carboxylic acids is 1. The standard InChI is InChI=1S/C23H34O3/c1-14(3-10-22(25)26)17-6-7-19-18(17)8-9-21-20(19)5-4-15-13-16(24)11-12-23(15,21)2/h13-14,17-21H,3-12H2,1-2H3,(H,25,26)/t14-,17-,18?,19-,20+,21+,23+/m1/s1. The Morgan fingerprint density at radius 3 is 2.69 bits per heavy atom. The Kier molecular flexibility index (Phi) is 4.77. The van der Waals surface area contributed by atoms with Crippen LogP contribution in [0.15, 0.2) is 11.6 Å². The van der Waals surface area contributed by atoms with E-state index in [2.05, 4.69) is 13.8 Å². The van der Waals surface area contributed by atoms with E-state index in [1.165, 1.54) is 37.7 Å². The van der Waals surface area contributed by atoms with Gasteiger partial charge in [-0.15, -0.1) is 0 Å². The first-order valence-electron chi connectivity index (χ1n) is 10.9. The van der Waals surface area contributed by atoms with Crippen molar-refractivity contribution in [2.75, 3.05) is 0 Å². The minimum Gasteiger partial charge on any atom is -0.481 e. The summed E-state index contributed by atoms with van der Waals surface area (Å²) in [6.07, 6.45) is 12.7. The van der Waals surface area contributed by atoms with Crippen LogP contribution in [0.4, 0.5) is 0 Å². The summed E-state index contributed by atoms with van der Waals surface area (Å²) < 4.78 is 0. The minimum atomic E-state index is -0.651. The van der Waals surface area contributed by atoms with Gasteiger partial charge < -0.3 is 5.11 Å². The zero-order valence-corrected chi connectivity index (χ0v) is 16.4. The largest absolute Gasteiger partial charge is 0.481 e. The van der Waals surface area contributed by atoms with Gasteiger partial charge in [0.05, 0.1) is 0 Å². The van der Waals surface area contributed by atoms with Crippen molar-refractivity contribution in [2.45, 2.75) is 78.1 Å². The van der Waals surface area contributed by atoms with Gasteiger partial charge in [0.15, 0.2) is 5.78 Å². The maximum absolute atomic E-state index is 11.9. The summed E-state index contributed by atoms with van der Waals surface area (Å²) >= 11 is 0. The average molecular weight is 359 g/mol. The first kappa shape index (κ1) is 18.3. The van der Waals surface area contributed by atoms with E-state index < -0.39 is 5.97 Å². The van der Waals surface area contributed by atoms with Crippen LogP contribution in [0.25, 0.3) is 0 Å². The minimum absolute atomic E-state index is 0.273. The summed E-state index contributed by atoms with van der Waals surface area (Å²) in [4.78, 5) is 22.9. The smallest absolute Gasteiger partial charge is 0.303 e. The Morgan fingerprint density at radius 2 is 1.92 bits per heavy atom. The summed E-state index contributed by atoms with van der Waals surface area (Å²) in [5, 5.41) is 9.02. The molecule has 0 amide bonds. The van der Waals surface area contributed by atoms with Gasteiger partial charge in [0.2, 0.25) is 0 Å². The van der Waals surface area contributed by atoms with Gasteiger partial charge in [-0.25, -0.2) is 0 Å². The van der Waals surface area contributed by atoms with E-state index in [9.17, 15) is 9.59 Å². The molecule has 0 aromatic carbocycles. The highest BCUT2D eigenvalue weighted by atomic mass is 16.4. The highest BCUT2D eigenvalue weighted by molar-refractivity contribution is 5.91. The Labute approximate surface area is 157 Å². The molecule has 1 unspecified atom stereocenters. The molecular weight excluding hydrogens is 324 g/mol. The number of rotatable bonds is 4. The second-order valence-corrected chi connectivity index (χ2v) is 9.92. The topological polar surface area (TPSA) is 54.4 Å². The molecule has 1 N–H and O–H groups in total. The molecule has 0 spiro atoms. The summed E-state index contributed by atoms with van der Waals surface area (Å²) in [6, 6.07) is 0. The molecule has 26 heavy (non-hydrogen) atoms. The van der Waals surface area contributed by atoms with Crippen molar-refractivity contribution >= 4 is 11.8 Å². The molecule has 0 aromatic rings. The monoisotopic (exact) mass is 358 g/mol. The predicted molar refractivity (Wildman–Crippen MR) is 102 cm³/mol. The number of hydrogen-bond donors (Lipinski definition) is 1. The zero-order valence-electron chi connectivity index (χ0n) is 16.4. The second-order valence-electron chi connectivity index (χ2n) is 9.92. The molecule has 4 aliphatic rings. The predicted octanol–water partition coefficient (Wildman–Crippen LogP) is 5.25. The summed E-state index contributed by atoms with van der Waals surface area (Å²) in [5.41, 5.74) is 1.73. The average Bonchev–Trinajstić information content (AvgIpc) is 3.04. The first-order valence-corrected chi connectivity index (χ1v) is 10.9. The third-order valence-corrected chi connectivity index (χ3v) is 8.88. The van der Waals surface area contributed by atoms with Crippen molar-refractivity contribution in [3.8, 4) is 0 Å². The molecule has 3 heteroatoms. The van der Waals surface area contributed by atoms with E-state index in [-0.39, 0.29) is 5.41 Å². The van der Waals surface area contributed by atoms with E-state index in [0.29, 0.717) is 18.1 Å². The quantitative estimate of drug-likeness (QED) is 0.747. The van der Waals surface area contributed by atoms with Gasteiger partial charge >= 0.3 is 5.97 Å². The lowest BCUT2D eigenvalue weighted by Gasteiger charge is -2.55. The molecule has 4 aliphatic carbocycles. The van der Waals surface area contributed by atoms with E-state index in [4.69, 9.17) is 5.11 Å². The third-order valence-electron chi connectivity index (χ3n) is 8.88. The fraction of sp³-hybridized carbons (Fsp3) is 0.826. The molecule has 3 fully saturated rings. The van der Waals surface area contributed by atoms with Crippen molar-refractivity contribution in [3.05, 3.63) is 11.6 Å². The van der Waals surface area contributed by atoms with Crippen LogP contribution >= 0.6 is 0 Å². The number of aliphatic carboxylic acids is 1. The fourth-order valence-corrected chi connectivity index (χ4v) is 7.53. The van der Waals surface area contributed by atoms with Crippen LogP contribution in [-0.4, -0.2) is 16.9 Å². The van der Waals surface area contributed by atoms with Gasteiger partial charge in [-0.2, -0.15) is 0 Å². The number of carbonyl (C=O) groups is 2. The Bertz CT molecular complexity index is 621. The van der Waals surface area contributed by atoms with E-state index in [1.807, 2.05) is 6.08 Å². The molecule has 3 nitrogen and oxygen atoms in total. The molecule has 0 heterocycles. The number of ketones is 1. The summed E-state index contributed by atoms with van der Waals surface area (Å²) in [6.45, 7) is 4.74. The van der Waals surface area contributed by atoms with Crippen molar-refractivity contribution < 1.29 is 14.7 Å². The van der Waals surface area contributed by atoms with Crippen LogP contribution in [0.3, 0.4) is 0 Å².